The molecule has 0 saturated carbocycles. The van der Waals surface area contributed by atoms with E-state index in [1.165, 1.54) is 21.6 Å². The lowest BCUT2D eigenvalue weighted by Gasteiger charge is -2.26. The smallest absolute Gasteiger partial charge is 0.108 e. The van der Waals surface area contributed by atoms with Gasteiger partial charge in [-0.1, -0.05) is 36.4 Å². The molecular weight excluding hydrogens is 240 g/mol. The van der Waals surface area contributed by atoms with Gasteiger partial charge in [0.15, 0.2) is 0 Å². The number of hydrogen-bond acceptors (Lipinski definition) is 2. The van der Waals surface area contributed by atoms with Crippen LogP contribution in [0.4, 0.5) is 0 Å². The van der Waals surface area contributed by atoms with Crippen molar-refractivity contribution in [3.63, 3.8) is 0 Å². The van der Waals surface area contributed by atoms with Gasteiger partial charge in [-0.2, -0.15) is 0 Å². The fourth-order valence-electron chi connectivity index (χ4n) is 2.45. The van der Waals surface area contributed by atoms with Crippen LogP contribution >= 0.6 is 11.8 Å². The molecule has 92 valence electrons. The first kappa shape index (κ1) is 11.8. The Balaban J connectivity index is 1.97. The molecule has 0 spiro atoms. The Morgan fingerprint density at radius 3 is 2.61 bits per heavy atom. The Morgan fingerprint density at radius 2 is 1.83 bits per heavy atom. The molecule has 0 N–H and O–H groups in total. The minimum absolute atomic E-state index is 0.103. The zero-order valence-electron chi connectivity index (χ0n) is 10.4. The third-order valence-corrected chi connectivity index (χ3v) is 4.16. The molecule has 3 rings (SSSR count). The molecule has 2 heteroatoms. The van der Waals surface area contributed by atoms with Gasteiger partial charge < -0.3 is 4.74 Å². The van der Waals surface area contributed by atoms with Gasteiger partial charge in [-0.25, -0.2) is 0 Å². The van der Waals surface area contributed by atoms with Crippen LogP contribution in [0.15, 0.2) is 53.4 Å². The van der Waals surface area contributed by atoms with E-state index in [4.69, 9.17) is 4.74 Å². The molecule has 0 radical (unpaired) electrons. The highest BCUT2D eigenvalue weighted by atomic mass is 32.2. The highest BCUT2D eigenvalue weighted by Gasteiger charge is 2.21. The summed E-state index contributed by atoms with van der Waals surface area (Å²) in [7, 11) is 0. The highest BCUT2D eigenvalue weighted by Crippen LogP contribution is 2.33. The quantitative estimate of drug-likeness (QED) is 0.749. The second-order valence-corrected chi connectivity index (χ2v) is 5.35. The molecule has 18 heavy (non-hydrogen) atoms. The maximum Gasteiger partial charge on any atom is 0.108 e. The lowest BCUT2D eigenvalue weighted by molar-refractivity contribution is 0.0698. The molecule has 0 unspecified atom stereocenters. The third-order valence-electron chi connectivity index (χ3n) is 3.41. The summed E-state index contributed by atoms with van der Waals surface area (Å²) in [6, 6.07) is 17.3. The summed E-state index contributed by atoms with van der Waals surface area (Å²) in [6.45, 7) is 0.811. The van der Waals surface area contributed by atoms with Crippen molar-refractivity contribution in [2.75, 3.05) is 12.9 Å². The average Bonchev–Trinajstić information content (AvgIpc) is 2.47. The van der Waals surface area contributed by atoms with Crippen molar-refractivity contribution in [1.29, 1.82) is 0 Å². The Labute approximate surface area is 112 Å². The number of fused-ring (bicyclic) bond motifs is 1. The van der Waals surface area contributed by atoms with Crippen LogP contribution in [0.2, 0.25) is 0 Å². The zero-order valence-corrected chi connectivity index (χ0v) is 11.2. The number of ether oxygens (including phenoxy) is 1. The molecule has 1 aliphatic rings. The van der Waals surface area contributed by atoms with Crippen molar-refractivity contribution in [2.45, 2.75) is 17.4 Å². The largest absolute Gasteiger partial charge is 0.368 e. The van der Waals surface area contributed by atoms with Gasteiger partial charge in [-0.05, 0) is 41.5 Å². The van der Waals surface area contributed by atoms with Gasteiger partial charge in [0.05, 0.1) is 6.61 Å². The molecule has 2 aromatic rings. The number of hydrogen-bond donors (Lipinski definition) is 0. The lowest BCUT2D eigenvalue weighted by atomic mass is 9.93. The summed E-state index contributed by atoms with van der Waals surface area (Å²) in [5, 5.41) is 0. The fraction of sp³-hybridized carbons (Fsp3) is 0.250. The van der Waals surface area contributed by atoms with Crippen molar-refractivity contribution in [3.8, 4) is 0 Å². The van der Waals surface area contributed by atoms with Crippen LogP contribution in [0.5, 0.6) is 0 Å². The minimum Gasteiger partial charge on any atom is -0.368 e. The molecule has 1 atom stereocenters. The Morgan fingerprint density at radius 1 is 1.06 bits per heavy atom. The van der Waals surface area contributed by atoms with Crippen LogP contribution in [0, 0.1) is 0 Å². The molecule has 0 saturated heterocycles. The van der Waals surface area contributed by atoms with Gasteiger partial charge in [0.2, 0.25) is 0 Å². The van der Waals surface area contributed by atoms with Crippen molar-refractivity contribution in [3.05, 3.63) is 65.2 Å². The summed E-state index contributed by atoms with van der Waals surface area (Å²) in [5.41, 5.74) is 3.99. The normalized spacial score (nSPS) is 18.4. The third kappa shape index (κ3) is 2.18. The predicted octanol–water partition coefficient (Wildman–Crippen LogP) is 4.07. The second-order valence-electron chi connectivity index (χ2n) is 4.47. The number of benzene rings is 2. The molecule has 1 heterocycles. The average molecular weight is 256 g/mol. The molecular formula is C16H16OS. The van der Waals surface area contributed by atoms with Crippen LogP contribution in [-0.4, -0.2) is 12.9 Å². The molecule has 0 fully saturated rings. The van der Waals surface area contributed by atoms with Gasteiger partial charge in [0.25, 0.3) is 0 Å². The van der Waals surface area contributed by atoms with Crippen molar-refractivity contribution in [1.82, 2.24) is 0 Å². The van der Waals surface area contributed by atoms with E-state index in [1.54, 1.807) is 11.8 Å². The predicted molar refractivity (Wildman–Crippen MR) is 76.2 cm³/mol. The molecule has 0 amide bonds. The van der Waals surface area contributed by atoms with Crippen LogP contribution in [0.3, 0.4) is 0 Å². The van der Waals surface area contributed by atoms with Crippen molar-refractivity contribution in [2.24, 2.45) is 0 Å². The Hall–Kier alpha value is -1.25. The van der Waals surface area contributed by atoms with E-state index in [0.717, 1.165) is 13.0 Å². The van der Waals surface area contributed by atoms with Crippen molar-refractivity contribution < 1.29 is 4.74 Å². The van der Waals surface area contributed by atoms with Crippen LogP contribution in [0.1, 0.15) is 22.8 Å². The van der Waals surface area contributed by atoms with E-state index in [-0.39, 0.29) is 6.10 Å². The van der Waals surface area contributed by atoms with E-state index < -0.39 is 0 Å². The summed E-state index contributed by atoms with van der Waals surface area (Å²) < 4.78 is 5.96. The van der Waals surface area contributed by atoms with Gasteiger partial charge in [0.1, 0.15) is 6.10 Å². The zero-order chi connectivity index (χ0) is 12.4. The fourth-order valence-corrected chi connectivity index (χ4v) is 2.86. The maximum atomic E-state index is 5.96. The first-order chi connectivity index (χ1) is 8.88. The first-order valence-electron chi connectivity index (χ1n) is 6.22. The molecule has 0 bridgehead atoms. The topological polar surface area (TPSA) is 9.23 Å². The molecule has 1 nitrogen and oxygen atoms in total. The van der Waals surface area contributed by atoms with Crippen LogP contribution in [-0.2, 0) is 11.2 Å². The lowest BCUT2D eigenvalue weighted by Crippen LogP contribution is -2.17. The summed E-state index contributed by atoms with van der Waals surface area (Å²) in [5.74, 6) is 0. The van der Waals surface area contributed by atoms with E-state index in [2.05, 4.69) is 54.8 Å². The van der Waals surface area contributed by atoms with Crippen LogP contribution < -0.4 is 0 Å². The molecule has 0 aliphatic carbocycles. The van der Waals surface area contributed by atoms with Gasteiger partial charge in [-0.3, -0.25) is 0 Å². The number of thioether (sulfide) groups is 1. The highest BCUT2D eigenvalue weighted by molar-refractivity contribution is 7.98. The van der Waals surface area contributed by atoms with Crippen molar-refractivity contribution >= 4 is 11.8 Å². The van der Waals surface area contributed by atoms with E-state index in [0.29, 0.717) is 0 Å². The van der Waals surface area contributed by atoms with E-state index in [9.17, 15) is 0 Å². The summed E-state index contributed by atoms with van der Waals surface area (Å²) in [6.07, 6.45) is 3.22. The standard InChI is InChI=1S/C16H16OS/c1-18-14-8-6-13(7-9-14)16-15-5-3-2-4-12(15)10-11-17-16/h2-9,16H,10-11H2,1H3/t16-/m0/s1. The molecule has 0 aromatic heterocycles. The van der Waals surface area contributed by atoms with Gasteiger partial charge in [-0.15, -0.1) is 11.8 Å². The van der Waals surface area contributed by atoms with E-state index >= 15 is 0 Å². The van der Waals surface area contributed by atoms with Gasteiger partial charge in [0, 0.05) is 4.90 Å². The Kier molecular flexibility index (Phi) is 3.39. The van der Waals surface area contributed by atoms with E-state index in [1.807, 2.05) is 0 Å². The SMILES string of the molecule is CSc1ccc([C@@H]2OCCc3ccccc32)cc1. The summed E-state index contributed by atoms with van der Waals surface area (Å²) >= 11 is 1.77. The monoisotopic (exact) mass is 256 g/mol. The number of rotatable bonds is 2. The first-order valence-corrected chi connectivity index (χ1v) is 7.44. The molecule has 2 aromatic carbocycles. The summed E-state index contributed by atoms with van der Waals surface area (Å²) in [4.78, 5) is 1.29. The molecule has 1 aliphatic heterocycles. The second kappa shape index (κ2) is 5.17. The Bertz CT molecular complexity index is 533. The maximum absolute atomic E-state index is 5.96. The minimum atomic E-state index is 0.103. The van der Waals surface area contributed by atoms with Crippen LogP contribution in [0.25, 0.3) is 0 Å². The van der Waals surface area contributed by atoms with Gasteiger partial charge >= 0.3 is 0 Å².